The van der Waals surface area contributed by atoms with Crippen LogP contribution in [0.25, 0.3) is 0 Å². The molecule has 1 amide bonds. The molecular formula is C19H30N4O2S. The summed E-state index contributed by atoms with van der Waals surface area (Å²) in [5, 5.41) is 3.29. The van der Waals surface area contributed by atoms with Crippen LogP contribution in [0.2, 0.25) is 0 Å². The molecule has 7 heteroatoms. The number of carbonyl (C=O) groups excluding carboxylic acids is 1. The average molecular weight is 379 g/mol. The highest BCUT2D eigenvalue weighted by atomic mass is 32.1. The SMILES string of the molecule is O=C(CC1CCCC1)N1CCN(c2nc(CN3CCOCC3)cs2)CC1. The highest BCUT2D eigenvalue weighted by Gasteiger charge is 2.26. The van der Waals surface area contributed by atoms with E-state index >= 15 is 0 Å². The Morgan fingerprint density at radius 1 is 1.12 bits per heavy atom. The quantitative estimate of drug-likeness (QED) is 0.786. The average Bonchev–Trinajstić information content (AvgIpc) is 3.35. The second-order valence-electron chi connectivity index (χ2n) is 7.73. The molecule has 4 rings (SSSR count). The molecule has 0 N–H and O–H groups in total. The molecule has 1 aliphatic carbocycles. The molecule has 3 heterocycles. The van der Waals surface area contributed by atoms with E-state index in [0.29, 0.717) is 11.8 Å². The van der Waals surface area contributed by atoms with Gasteiger partial charge >= 0.3 is 0 Å². The molecular weight excluding hydrogens is 348 g/mol. The minimum atomic E-state index is 0.365. The molecule has 3 fully saturated rings. The van der Waals surface area contributed by atoms with Crippen molar-refractivity contribution in [1.29, 1.82) is 0 Å². The number of amides is 1. The lowest BCUT2D eigenvalue weighted by Gasteiger charge is -2.35. The number of piperazine rings is 1. The normalized spacial score (nSPS) is 22.9. The van der Waals surface area contributed by atoms with Crippen molar-refractivity contribution in [3.8, 4) is 0 Å². The smallest absolute Gasteiger partial charge is 0.222 e. The van der Waals surface area contributed by atoms with Crippen LogP contribution in [0.3, 0.4) is 0 Å². The summed E-state index contributed by atoms with van der Waals surface area (Å²) in [4.78, 5) is 24.2. The monoisotopic (exact) mass is 378 g/mol. The van der Waals surface area contributed by atoms with Gasteiger partial charge in [0.15, 0.2) is 5.13 Å². The van der Waals surface area contributed by atoms with Crippen molar-refractivity contribution in [3.05, 3.63) is 11.1 Å². The molecule has 0 spiro atoms. The minimum Gasteiger partial charge on any atom is -0.379 e. The minimum absolute atomic E-state index is 0.365. The van der Waals surface area contributed by atoms with E-state index < -0.39 is 0 Å². The van der Waals surface area contributed by atoms with Gasteiger partial charge in [-0.2, -0.15) is 0 Å². The van der Waals surface area contributed by atoms with Gasteiger partial charge < -0.3 is 14.5 Å². The first-order valence-corrected chi connectivity index (χ1v) is 10.9. The Hall–Kier alpha value is -1.18. The van der Waals surface area contributed by atoms with Gasteiger partial charge in [-0.15, -0.1) is 11.3 Å². The van der Waals surface area contributed by atoms with Gasteiger partial charge in [-0.25, -0.2) is 4.98 Å². The lowest BCUT2D eigenvalue weighted by Crippen LogP contribution is -2.49. The van der Waals surface area contributed by atoms with Crippen LogP contribution in [0.1, 0.15) is 37.8 Å². The topological polar surface area (TPSA) is 48.9 Å². The number of aromatic nitrogens is 1. The molecule has 0 aromatic carbocycles. The zero-order valence-corrected chi connectivity index (χ0v) is 16.4. The Labute approximate surface area is 160 Å². The van der Waals surface area contributed by atoms with Crippen LogP contribution in [0, 0.1) is 5.92 Å². The van der Waals surface area contributed by atoms with Gasteiger partial charge in [-0.1, -0.05) is 12.8 Å². The maximum atomic E-state index is 12.5. The number of thiazole rings is 1. The molecule has 144 valence electrons. The second-order valence-corrected chi connectivity index (χ2v) is 8.57. The number of ether oxygens (including phenoxy) is 1. The van der Waals surface area contributed by atoms with E-state index in [1.54, 1.807) is 11.3 Å². The van der Waals surface area contributed by atoms with Crippen LogP contribution in [-0.4, -0.2) is 73.2 Å². The summed E-state index contributed by atoms with van der Waals surface area (Å²) < 4.78 is 5.41. The van der Waals surface area contributed by atoms with E-state index in [-0.39, 0.29) is 0 Å². The van der Waals surface area contributed by atoms with Crippen molar-refractivity contribution in [2.24, 2.45) is 5.92 Å². The molecule has 6 nitrogen and oxygen atoms in total. The number of carbonyl (C=O) groups is 1. The summed E-state index contributed by atoms with van der Waals surface area (Å²) in [5.74, 6) is 1.01. The van der Waals surface area contributed by atoms with Crippen LogP contribution in [0.5, 0.6) is 0 Å². The zero-order chi connectivity index (χ0) is 17.8. The molecule has 1 aromatic heterocycles. The fraction of sp³-hybridized carbons (Fsp3) is 0.789. The summed E-state index contributed by atoms with van der Waals surface area (Å²) >= 11 is 1.73. The number of rotatable bonds is 5. The van der Waals surface area contributed by atoms with Gasteiger partial charge in [0.25, 0.3) is 0 Å². The van der Waals surface area contributed by atoms with Crippen LogP contribution in [-0.2, 0) is 16.1 Å². The van der Waals surface area contributed by atoms with Crippen LogP contribution >= 0.6 is 11.3 Å². The van der Waals surface area contributed by atoms with Gasteiger partial charge in [-0.05, 0) is 18.8 Å². The molecule has 0 unspecified atom stereocenters. The third-order valence-electron chi connectivity index (χ3n) is 5.87. The summed E-state index contributed by atoms with van der Waals surface area (Å²) in [6.07, 6.45) is 5.87. The van der Waals surface area contributed by atoms with E-state index in [1.165, 1.54) is 25.7 Å². The Kier molecular flexibility index (Phi) is 6.07. The first-order chi connectivity index (χ1) is 12.8. The van der Waals surface area contributed by atoms with Gasteiger partial charge in [0.1, 0.15) is 0 Å². The molecule has 0 bridgehead atoms. The zero-order valence-electron chi connectivity index (χ0n) is 15.6. The van der Waals surface area contributed by atoms with Gasteiger partial charge in [0.2, 0.25) is 5.91 Å². The van der Waals surface area contributed by atoms with E-state index in [9.17, 15) is 4.79 Å². The molecule has 1 aromatic rings. The van der Waals surface area contributed by atoms with E-state index in [1.807, 2.05) is 0 Å². The van der Waals surface area contributed by atoms with E-state index in [2.05, 4.69) is 20.1 Å². The predicted octanol–water partition coefficient (Wildman–Crippen LogP) is 2.20. The number of hydrogen-bond donors (Lipinski definition) is 0. The summed E-state index contributed by atoms with van der Waals surface area (Å²) in [7, 11) is 0. The summed E-state index contributed by atoms with van der Waals surface area (Å²) in [6.45, 7) is 8.04. The molecule has 2 aliphatic heterocycles. The van der Waals surface area contributed by atoms with Gasteiger partial charge in [0.05, 0.1) is 18.9 Å². The lowest BCUT2D eigenvalue weighted by molar-refractivity contribution is -0.132. The van der Waals surface area contributed by atoms with E-state index in [4.69, 9.17) is 9.72 Å². The number of hydrogen-bond acceptors (Lipinski definition) is 6. The fourth-order valence-electron chi connectivity index (χ4n) is 4.24. The third kappa shape index (κ3) is 4.56. The lowest BCUT2D eigenvalue weighted by atomic mass is 10.0. The molecule has 1 saturated carbocycles. The van der Waals surface area contributed by atoms with Crippen molar-refractivity contribution < 1.29 is 9.53 Å². The Morgan fingerprint density at radius 2 is 1.85 bits per heavy atom. The first kappa shape index (κ1) is 18.2. The summed E-state index contributed by atoms with van der Waals surface area (Å²) in [6, 6.07) is 0. The number of anilines is 1. The molecule has 3 aliphatic rings. The van der Waals surface area contributed by atoms with Gasteiger partial charge in [0, 0.05) is 57.6 Å². The van der Waals surface area contributed by atoms with E-state index in [0.717, 1.165) is 76.3 Å². The Morgan fingerprint density at radius 3 is 2.58 bits per heavy atom. The predicted molar refractivity (Wildman–Crippen MR) is 104 cm³/mol. The second kappa shape index (κ2) is 8.67. The summed E-state index contributed by atoms with van der Waals surface area (Å²) in [5.41, 5.74) is 1.16. The van der Waals surface area contributed by atoms with Crippen LogP contribution in [0.15, 0.2) is 5.38 Å². The third-order valence-corrected chi connectivity index (χ3v) is 6.82. The largest absolute Gasteiger partial charge is 0.379 e. The highest BCUT2D eigenvalue weighted by molar-refractivity contribution is 7.13. The standard InChI is InChI=1S/C19H30N4O2S/c24-18(13-16-3-1-2-4-16)22-5-7-23(8-6-22)19-20-17(15-26-19)14-21-9-11-25-12-10-21/h15-16H,1-14H2. The van der Waals surface area contributed by atoms with Crippen molar-refractivity contribution >= 4 is 22.4 Å². The van der Waals surface area contributed by atoms with Gasteiger partial charge in [-0.3, -0.25) is 9.69 Å². The van der Waals surface area contributed by atoms with Crippen LogP contribution < -0.4 is 4.90 Å². The molecule has 2 saturated heterocycles. The molecule has 0 radical (unpaired) electrons. The van der Waals surface area contributed by atoms with Crippen molar-refractivity contribution in [1.82, 2.24) is 14.8 Å². The maximum absolute atomic E-state index is 12.5. The molecule has 0 atom stereocenters. The van der Waals surface area contributed by atoms with Crippen LogP contribution in [0.4, 0.5) is 5.13 Å². The van der Waals surface area contributed by atoms with Crippen molar-refractivity contribution in [2.45, 2.75) is 38.6 Å². The van der Waals surface area contributed by atoms with Crippen molar-refractivity contribution in [2.75, 3.05) is 57.4 Å². The number of nitrogens with zero attached hydrogens (tertiary/aromatic N) is 4. The molecule has 26 heavy (non-hydrogen) atoms. The first-order valence-electron chi connectivity index (χ1n) is 10.0. The number of morpholine rings is 1. The Balaban J connectivity index is 1.24. The Bertz CT molecular complexity index is 588. The van der Waals surface area contributed by atoms with Crippen molar-refractivity contribution in [3.63, 3.8) is 0 Å². The highest BCUT2D eigenvalue weighted by Crippen LogP contribution is 2.28. The fourth-order valence-corrected chi connectivity index (χ4v) is 5.11. The maximum Gasteiger partial charge on any atom is 0.222 e.